The summed E-state index contributed by atoms with van der Waals surface area (Å²) in [5, 5.41) is 6.32. The van der Waals surface area contributed by atoms with Crippen LogP contribution in [0.5, 0.6) is 0 Å². The molecule has 0 spiro atoms. The molecule has 116 valence electrons. The van der Waals surface area contributed by atoms with Crippen molar-refractivity contribution in [2.24, 2.45) is 0 Å². The van der Waals surface area contributed by atoms with Gasteiger partial charge in [-0.15, -0.1) is 0 Å². The van der Waals surface area contributed by atoms with Crippen LogP contribution < -0.4 is 10.6 Å². The highest BCUT2D eigenvalue weighted by atomic mass is 16.1. The number of anilines is 1. The van der Waals surface area contributed by atoms with E-state index in [2.05, 4.69) is 27.4 Å². The minimum absolute atomic E-state index is 0.00241. The minimum atomic E-state index is 0.00241. The van der Waals surface area contributed by atoms with E-state index in [1.54, 1.807) is 0 Å². The number of piperidine rings is 1. The van der Waals surface area contributed by atoms with Crippen molar-refractivity contribution >= 4 is 11.7 Å². The highest BCUT2D eigenvalue weighted by Crippen LogP contribution is 2.13. The van der Waals surface area contributed by atoms with Crippen LogP contribution in [0.2, 0.25) is 0 Å². The van der Waals surface area contributed by atoms with Crippen LogP contribution in [0.25, 0.3) is 0 Å². The molecular formula is C16H26N4O. The molecule has 0 radical (unpaired) electrons. The van der Waals surface area contributed by atoms with Gasteiger partial charge in [-0.1, -0.05) is 6.92 Å². The monoisotopic (exact) mass is 290 g/mol. The van der Waals surface area contributed by atoms with E-state index in [1.165, 1.54) is 0 Å². The summed E-state index contributed by atoms with van der Waals surface area (Å²) < 4.78 is 0. The number of amides is 1. The Morgan fingerprint density at radius 2 is 2.24 bits per heavy atom. The number of hydrogen-bond acceptors (Lipinski definition) is 4. The predicted molar refractivity (Wildman–Crippen MR) is 85.7 cm³/mol. The average Bonchev–Trinajstić information content (AvgIpc) is 2.47. The molecule has 0 bridgehead atoms. The molecule has 2 heterocycles. The standard InChI is InChI=1S/C16H26N4O/c1-4-17-15-10-13(9-12(3)18-15)16(21)19-14-7-6-8-20(5-2)11-14/h9-10,14H,4-8,11H2,1-3H3,(H,17,18)(H,19,21). The number of carbonyl (C=O) groups is 1. The Hall–Kier alpha value is -1.62. The Kier molecular flexibility index (Phi) is 5.56. The summed E-state index contributed by atoms with van der Waals surface area (Å²) in [4.78, 5) is 19.2. The van der Waals surface area contributed by atoms with Gasteiger partial charge in [0, 0.05) is 30.4 Å². The average molecular weight is 290 g/mol. The number of likely N-dealkylation sites (tertiary alicyclic amines) is 1. The molecule has 1 aliphatic heterocycles. The number of likely N-dealkylation sites (N-methyl/N-ethyl adjacent to an activating group) is 1. The summed E-state index contributed by atoms with van der Waals surface area (Å²) >= 11 is 0. The molecule has 1 atom stereocenters. The molecular weight excluding hydrogens is 264 g/mol. The Balaban J connectivity index is 2.02. The van der Waals surface area contributed by atoms with Crippen molar-refractivity contribution in [1.29, 1.82) is 0 Å². The van der Waals surface area contributed by atoms with Gasteiger partial charge < -0.3 is 15.5 Å². The van der Waals surface area contributed by atoms with Gasteiger partial charge in [0.25, 0.3) is 5.91 Å². The second-order valence-electron chi connectivity index (χ2n) is 5.62. The van der Waals surface area contributed by atoms with Gasteiger partial charge in [-0.2, -0.15) is 0 Å². The van der Waals surface area contributed by atoms with Crippen molar-refractivity contribution in [2.75, 3.05) is 31.5 Å². The molecule has 1 amide bonds. The summed E-state index contributed by atoms with van der Waals surface area (Å²) in [6, 6.07) is 3.92. The van der Waals surface area contributed by atoms with Crippen LogP contribution in [0.3, 0.4) is 0 Å². The van der Waals surface area contributed by atoms with Crippen molar-refractivity contribution in [1.82, 2.24) is 15.2 Å². The van der Waals surface area contributed by atoms with E-state index >= 15 is 0 Å². The fourth-order valence-corrected chi connectivity index (χ4v) is 2.80. The second-order valence-corrected chi connectivity index (χ2v) is 5.62. The van der Waals surface area contributed by atoms with Crippen LogP contribution >= 0.6 is 0 Å². The minimum Gasteiger partial charge on any atom is -0.370 e. The third kappa shape index (κ3) is 4.43. The number of aryl methyl sites for hydroxylation is 1. The normalized spacial score (nSPS) is 19.3. The molecule has 5 heteroatoms. The van der Waals surface area contributed by atoms with Crippen molar-refractivity contribution in [3.05, 3.63) is 23.4 Å². The smallest absolute Gasteiger partial charge is 0.251 e. The highest BCUT2D eigenvalue weighted by molar-refractivity contribution is 5.95. The number of hydrogen-bond donors (Lipinski definition) is 2. The lowest BCUT2D eigenvalue weighted by Crippen LogP contribution is -2.47. The third-order valence-electron chi connectivity index (χ3n) is 3.86. The number of nitrogens with zero attached hydrogens (tertiary/aromatic N) is 2. The summed E-state index contributed by atoms with van der Waals surface area (Å²) in [5.74, 6) is 0.768. The molecule has 2 N–H and O–H groups in total. The zero-order valence-corrected chi connectivity index (χ0v) is 13.3. The first kappa shape index (κ1) is 15.8. The van der Waals surface area contributed by atoms with Crippen LogP contribution in [0, 0.1) is 6.92 Å². The Labute approximate surface area is 127 Å². The van der Waals surface area contributed by atoms with E-state index in [0.29, 0.717) is 5.56 Å². The second kappa shape index (κ2) is 7.41. The van der Waals surface area contributed by atoms with Crippen LogP contribution in [0.15, 0.2) is 12.1 Å². The van der Waals surface area contributed by atoms with Crippen LogP contribution in [-0.4, -0.2) is 48.0 Å². The number of aromatic nitrogens is 1. The van der Waals surface area contributed by atoms with Gasteiger partial charge in [-0.25, -0.2) is 4.98 Å². The Bertz CT molecular complexity index is 489. The van der Waals surface area contributed by atoms with E-state index in [1.807, 2.05) is 26.0 Å². The van der Waals surface area contributed by atoms with Crippen molar-refractivity contribution in [2.45, 2.75) is 39.7 Å². The molecule has 0 aromatic carbocycles. The summed E-state index contributed by atoms with van der Waals surface area (Å²) in [6.07, 6.45) is 2.21. The first-order valence-electron chi connectivity index (χ1n) is 7.88. The topological polar surface area (TPSA) is 57.3 Å². The van der Waals surface area contributed by atoms with Gasteiger partial charge in [-0.05, 0) is 51.9 Å². The van der Waals surface area contributed by atoms with E-state index in [4.69, 9.17) is 0 Å². The molecule has 1 saturated heterocycles. The maximum atomic E-state index is 12.4. The quantitative estimate of drug-likeness (QED) is 0.871. The predicted octanol–water partition coefficient (Wildman–Crippen LogP) is 2.04. The zero-order chi connectivity index (χ0) is 15.2. The number of carbonyl (C=O) groups excluding carboxylic acids is 1. The van der Waals surface area contributed by atoms with Gasteiger partial charge >= 0.3 is 0 Å². The molecule has 21 heavy (non-hydrogen) atoms. The van der Waals surface area contributed by atoms with E-state index in [-0.39, 0.29) is 11.9 Å². The van der Waals surface area contributed by atoms with Gasteiger partial charge in [0.2, 0.25) is 0 Å². The molecule has 1 aromatic rings. The molecule has 5 nitrogen and oxygen atoms in total. The lowest BCUT2D eigenvalue weighted by molar-refractivity contribution is 0.0905. The lowest BCUT2D eigenvalue weighted by atomic mass is 10.1. The van der Waals surface area contributed by atoms with Crippen LogP contribution in [0.4, 0.5) is 5.82 Å². The lowest BCUT2D eigenvalue weighted by Gasteiger charge is -2.32. The van der Waals surface area contributed by atoms with E-state index < -0.39 is 0 Å². The van der Waals surface area contributed by atoms with Crippen LogP contribution in [-0.2, 0) is 0 Å². The maximum Gasteiger partial charge on any atom is 0.251 e. The first-order valence-corrected chi connectivity index (χ1v) is 7.88. The molecule has 0 saturated carbocycles. The molecule has 2 rings (SSSR count). The largest absolute Gasteiger partial charge is 0.370 e. The van der Waals surface area contributed by atoms with Crippen molar-refractivity contribution in [3.63, 3.8) is 0 Å². The highest BCUT2D eigenvalue weighted by Gasteiger charge is 2.21. The van der Waals surface area contributed by atoms with E-state index in [9.17, 15) is 4.79 Å². The van der Waals surface area contributed by atoms with E-state index in [0.717, 1.165) is 50.5 Å². The zero-order valence-electron chi connectivity index (χ0n) is 13.3. The van der Waals surface area contributed by atoms with Gasteiger partial charge in [0.1, 0.15) is 5.82 Å². The molecule has 1 unspecified atom stereocenters. The number of pyridine rings is 1. The van der Waals surface area contributed by atoms with Crippen LogP contribution in [0.1, 0.15) is 42.7 Å². The third-order valence-corrected chi connectivity index (χ3v) is 3.86. The number of nitrogens with one attached hydrogen (secondary N) is 2. The fourth-order valence-electron chi connectivity index (χ4n) is 2.80. The van der Waals surface area contributed by atoms with Gasteiger partial charge in [-0.3, -0.25) is 4.79 Å². The fraction of sp³-hybridized carbons (Fsp3) is 0.625. The SMILES string of the molecule is CCNc1cc(C(=O)NC2CCCN(CC)C2)cc(C)n1. The molecule has 1 aromatic heterocycles. The van der Waals surface area contributed by atoms with Crippen molar-refractivity contribution < 1.29 is 4.79 Å². The summed E-state index contributed by atoms with van der Waals surface area (Å²) in [5.41, 5.74) is 1.55. The van der Waals surface area contributed by atoms with Gasteiger partial charge in [0.15, 0.2) is 0 Å². The number of rotatable bonds is 5. The molecule has 1 aliphatic rings. The Morgan fingerprint density at radius 1 is 1.43 bits per heavy atom. The summed E-state index contributed by atoms with van der Waals surface area (Å²) in [7, 11) is 0. The maximum absolute atomic E-state index is 12.4. The van der Waals surface area contributed by atoms with Gasteiger partial charge in [0.05, 0.1) is 0 Å². The summed E-state index contributed by atoms with van der Waals surface area (Å²) in [6.45, 7) is 10.0. The molecule has 1 fully saturated rings. The Morgan fingerprint density at radius 3 is 2.95 bits per heavy atom. The first-order chi connectivity index (χ1) is 10.1. The van der Waals surface area contributed by atoms with Crippen molar-refractivity contribution in [3.8, 4) is 0 Å². The molecule has 0 aliphatic carbocycles.